The fourth-order valence-electron chi connectivity index (χ4n) is 3.12. The van der Waals surface area contributed by atoms with Gasteiger partial charge < -0.3 is 10.4 Å². The van der Waals surface area contributed by atoms with E-state index in [-0.39, 0.29) is 11.5 Å². The van der Waals surface area contributed by atoms with E-state index in [9.17, 15) is 19.1 Å². The van der Waals surface area contributed by atoms with Crippen LogP contribution in [0.15, 0.2) is 52.0 Å². The molecular formula is C16H16FN3O3. The van der Waals surface area contributed by atoms with Crippen LogP contribution in [-0.4, -0.2) is 23.1 Å². The van der Waals surface area contributed by atoms with Crippen molar-refractivity contribution in [2.45, 2.75) is 25.4 Å². The molecule has 23 heavy (non-hydrogen) atoms. The van der Waals surface area contributed by atoms with Crippen molar-refractivity contribution in [1.82, 2.24) is 0 Å². The molecule has 2 aliphatic rings. The first-order chi connectivity index (χ1) is 11.1. The average molecular weight is 317 g/mol. The zero-order valence-electron chi connectivity index (χ0n) is 12.3. The molecule has 2 N–H and O–H groups in total. The Morgan fingerprint density at radius 3 is 2.70 bits per heavy atom. The number of urea groups is 1. The van der Waals surface area contributed by atoms with Crippen LogP contribution in [0.1, 0.15) is 19.3 Å². The maximum Gasteiger partial charge on any atom is 0.364 e. The van der Waals surface area contributed by atoms with E-state index >= 15 is 0 Å². The molecule has 1 aromatic carbocycles. The number of rotatable bonds is 2. The highest BCUT2D eigenvalue weighted by atomic mass is 19.1. The minimum Gasteiger partial charge on any atom is -0.510 e. The highest BCUT2D eigenvalue weighted by molar-refractivity contribution is 6.01. The van der Waals surface area contributed by atoms with Crippen LogP contribution in [0.3, 0.4) is 0 Å². The fraction of sp³-hybridized carbons (Fsp3) is 0.375. The molecule has 0 heterocycles. The summed E-state index contributed by atoms with van der Waals surface area (Å²) in [5.74, 6) is -2.26. The molecule has 2 aliphatic carbocycles. The quantitative estimate of drug-likeness (QED) is 0.813. The standard InChI is InChI=1S/C16H16FN3O3/c17-11-8-4-7-10-12(11)15(22)13(14(10)21)19-20-16(23)18-9-5-2-1-3-6-9/h1-3,5-6,10-12,21H,4,7-8H2,(H,18,23). The van der Waals surface area contributed by atoms with Gasteiger partial charge in [-0.3, -0.25) is 4.79 Å². The molecule has 3 rings (SSSR count). The Bertz CT molecular complexity index is 687. The third-order valence-electron chi connectivity index (χ3n) is 4.21. The Labute approximate surface area is 132 Å². The number of Topliss-reactive ketones (excluding diaryl/α,β-unsaturated/α-hetero) is 1. The largest absolute Gasteiger partial charge is 0.510 e. The van der Waals surface area contributed by atoms with Crippen LogP contribution in [0.4, 0.5) is 14.9 Å². The van der Waals surface area contributed by atoms with Gasteiger partial charge in [0.05, 0.1) is 5.92 Å². The van der Waals surface area contributed by atoms with Crippen molar-refractivity contribution in [1.29, 1.82) is 0 Å². The topological polar surface area (TPSA) is 91.1 Å². The van der Waals surface area contributed by atoms with Crippen LogP contribution < -0.4 is 5.32 Å². The molecule has 0 bridgehead atoms. The zero-order chi connectivity index (χ0) is 16.4. The number of aliphatic hydroxyl groups excluding tert-OH is 1. The van der Waals surface area contributed by atoms with Crippen molar-refractivity contribution in [3.8, 4) is 0 Å². The molecule has 0 spiro atoms. The minimum absolute atomic E-state index is 0.251. The summed E-state index contributed by atoms with van der Waals surface area (Å²) in [4.78, 5) is 23.9. The number of hydrogen-bond donors (Lipinski definition) is 2. The van der Waals surface area contributed by atoms with E-state index in [1.54, 1.807) is 30.3 Å². The van der Waals surface area contributed by atoms with Gasteiger partial charge in [0.2, 0.25) is 0 Å². The van der Waals surface area contributed by atoms with Crippen molar-refractivity contribution < 1.29 is 19.1 Å². The number of nitrogens with one attached hydrogen (secondary N) is 1. The van der Waals surface area contributed by atoms with Gasteiger partial charge in [0.1, 0.15) is 11.9 Å². The van der Waals surface area contributed by atoms with Gasteiger partial charge in [-0.25, -0.2) is 9.18 Å². The summed E-state index contributed by atoms with van der Waals surface area (Å²) in [6, 6.07) is 7.87. The summed E-state index contributed by atoms with van der Waals surface area (Å²) >= 11 is 0. The maximum atomic E-state index is 13.9. The molecule has 1 fully saturated rings. The van der Waals surface area contributed by atoms with Gasteiger partial charge in [0, 0.05) is 11.6 Å². The summed E-state index contributed by atoms with van der Waals surface area (Å²) in [5, 5.41) is 19.5. The van der Waals surface area contributed by atoms with E-state index in [1.807, 2.05) is 0 Å². The molecule has 1 saturated carbocycles. The first-order valence-electron chi connectivity index (χ1n) is 7.47. The first-order valence-corrected chi connectivity index (χ1v) is 7.47. The molecule has 3 atom stereocenters. The van der Waals surface area contributed by atoms with Crippen LogP contribution >= 0.6 is 0 Å². The molecule has 6 nitrogen and oxygen atoms in total. The second-order valence-corrected chi connectivity index (χ2v) is 5.67. The molecule has 120 valence electrons. The summed E-state index contributed by atoms with van der Waals surface area (Å²) < 4.78 is 13.9. The van der Waals surface area contributed by atoms with Crippen molar-refractivity contribution in [2.75, 3.05) is 5.32 Å². The second kappa shape index (κ2) is 6.28. The van der Waals surface area contributed by atoms with Crippen molar-refractivity contribution in [3.63, 3.8) is 0 Å². The van der Waals surface area contributed by atoms with Gasteiger partial charge in [-0.05, 0) is 31.4 Å². The van der Waals surface area contributed by atoms with E-state index in [4.69, 9.17) is 0 Å². The molecule has 0 radical (unpaired) electrons. The molecule has 0 saturated heterocycles. The Hall–Kier alpha value is -2.57. The van der Waals surface area contributed by atoms with Gasteiger partial charge in [0.15, 0.2) is 11.5 Å². The Morgan fingerprint density at radius 2 is 2.00 bits per heavy atom. The monoisotopic (exact) mass is 317 g/mol. The number of allylic oxidation sites excluding steroid dienone is 2. The summed E-state index contributed by atoms with van der Waals surface area (Å²) in [6.45, 7) is 0. The normalized spacial score (nSPS) is 27.3. The molecule has 3 unspecified atom stereocenters. The minimum atomic E-state index is -1.28. The lowest BCUT2D eigenvalue weighted by Crippen LogP contribution is -2.32. The number of nitrogens with zero attached hydrogens (tertiary/aromatic N) is 2. The van der Waals surface area contributed by atoms with Crippen LogP contribution in [0.25, 0.3) is 0 Å². The number of ketones is 1. The smallest absolute Gasteiger partial charge is 0.364 e. The predicted octanol–water partition coefficient (Wildman–Crippen LogP) is 3.78. The number of halogens is 1. The molecule has 0 aromatic heterocycles. The van der Waals surface area contributed by atoms with Crippen molar-refractivity contribution in [2.24, 2.45) is 22.1 Å². The lowest BCUT2D eigenvalue weighted by atomic mass is 9.79. The van der Waals surface area contributed by atoms with Crippen LogP contribution in [0.2, 0.25) is 0 Å². The third-order valence-corrected chi connectivity index (χ3v) is 4.21. The first kappa shape index (κ1) is 15.3. The number of fused-ring (bicyclic) bond motifs is 1. The number of para-hydroxylation sites is 1. The van der Waals surface area contributed by atoms with E-state index in [1.165, 1.54) is 0 Å². The van der Waals surface area contributed by atoms with E-state index < -0.39 is 29.8 Å². The zero-order valence-corrected chi connectivity index (χ0v) is 12.3. The van der Waals surface area contributed by atoms with Crippen LogP contribution in [0, 0.1) is 11.8 Å². The number of anilines is 1. The Morgan fingerprint density at radius 1 is 1.26 bits per heavy atom. The maximum absolute atomic E-state index is 13.9. The molecule has 0 aliphatic heterocycles. The molecule has 1 aromatic rings. The number of aliphatic hydroxyl groups is 1. The summed E-state index contributed by atoms with van der Waals surface area (Å²) in [7, 11) is 0. The van der Waals surface area contributed by atoms with Gasteiger partial charge in [-0.15, -0.1) is 5.11 Å². The van der Waals surface area contributed by atoms with Crippen molar-refractivity contribution in [3.05, 3.63) is 41.8 Å². The fourth-order valence-corrected chi connectivity index (χ4v) is 3.12. The highest BCUT2D eigenvalue weighted by Gasteiger charge is 2.48. The Balaban J connectivity index is 1.72. The number of carbonyl (C=O) groups is 2. The predicted molar refractivity (Wildman–Crippen MR) is 80.7 cm³/mol. The number of carbonyl (C=O) groups excluding carboxylic acids is 2. The third kappa shape index (κ3) is 2.99. The van der Waals surface area contributed by atoms with Crippen LogP contribution in [-0.2, 0) is 4.79 Å². The second-order valence-electron chi connectivity index (χ2n) is 5.67. The number of hydrogen-bond acceptors (Lipinski definition) is 4. The lowest BCUT2D eigenvalue weighted by Gasteiger charge is -2.27. The van der Waals surface area contributed by atoms with Gasteiger partial charge in [0.25, 0.3) is 0 Å². The van der Waals surface area contributed by atoms with Crippen LogP contribution in [0.5, 0.6) is 0 Å². The lowest BCUT2D eigenvalue weighted by molar-refractivity contribution is -0.122. The highest BCUT2D eigenvalue weighted by Crippen LogP contribution is 2.44. The Kier molecular flexibility index (Phi) is 4.18. The number of amides is 2. The van der Waals surface area contributed by atoms with E-state index in [0.29, 0.717) is 24.9 Å². The van der Waals surface area contributed by atoms with E-state index in [0.717, 1.165) is 0 Å². The molecule has 2 amide bonds. The molecular weight excluding hydrogens is 301 g/mol. The van der Waals surface area contributed by atoms with Gasteiger partial charge in [-0.2, -0.15) is 0 Å². The van der Waals surface area contributed by atoms with Crippen molar-refractivity contribution >= 4 is 17.5 Å². The number of azo groups is 1. The SMILES string of the molecule is O=C(N=NC1=C(O)C2CCCC(F)C2C1=O)Nc1ccccc1. The number of benzene rings is 1. The summed E-state index contributed by atoms with van der Waals surface area (Å²) in [5.41, 5.74) is 0.234. The molecule has 7 heteroatoms. The van der Waals surface area contributed by atoms with Gasteiger partial charge in [-0.1, -0.05) is 23.3 Å². The summed E-state index contributed by atoms with van der Waals surface area (Å²) in [6.07, 6.45) is 0.171. The van der Waals surface area contributed by atoms with Gasteiger partial charge >= 0.3 is 6.03 Å². The number of alkyl halides is 1. The average Bonchev–Trinajstić information content (AvgIpc) is 2.79. The van der Waals surface area contributed by atoms with E-state index in [2.05, 4.69) is 15.5 Å².